The number of hydrogen-bond acceptors (Lipinski definition) is 3. The van der Waals surface area contributed by atoms with Crippen LogP contribution in [-0.2, 0) is 16.0 Å². The van der Waals surface area contributed by atoms with Gasteiger partial charge >= 0.3 is 0 Å². The molecule has 1 heterocycles. The molecule has 1 atom stereocenters. The molecule has 1 fully saturated rings. The van der Waals surface area contributed by atoms with Crippen molar-refractivity contribution in [1.29, 1.82) is 0 Å². The lowest BCUT2D eigenvalue weighted by Gasteiger charge is -2.47. The predicted molar refractivity (Wildman–Crippen MR) is 112 cm³/mol. The minimum Gasteiger partial charge on any atom is -0.367 e. The Kier molecular flexibility index (Phi) is 5.03. The van der Waals surface area contributed by atoms with Gasteiger partial charge in [-0.05, 0) is 42.7 Å². The SMILES string of the molecule is CC(=O)Nc1ccc(N2CC=C3CC(=O)CCC3(Cc3ccccc3)C2)cc1. The number of anilines is 2. The third kappa shape index (κ3) is 3.86. The molecule has 1 amide bonds. The number of nitrogens with one attached hydrogen (secondary N) is 1. The molecular formula is C24H26N2O2. The first-order valence-corrected chi connectivity index (χ1v) is 9.92. The lowest BCUT2D eigenvalue weighted by atomic mass is 9.65. The normalized spacial score (nSPS) is 21.7. The summed E-state index contributed by atoms with van der Waals surface area (Å²) in [5.41, 5.74) is 4.62. The fourth-order valence-corrected chi connectivity index (χ4v) is 4.55. The van der Waals surface area contributed by atoms with E-state index in [1.807, 2.05) is 18.2 Å². The Bertz CT molecular complexity index is 902. The van der Waals surface area contributed by atoms with Gasteiger partial charge in [-0.2, -0.15) is 0 Å². The maximum atomic E-state index is 12.1. The van der Waals surface area contributed by atoms with Gasteiger partial charge in [0.25, 0.3) is 0 Å². The van der Waals surface area contributed by atoms with Crippen LogP contribution in [0.4, 0.5) is 11.4 Å². The predicted octanol–water partition coefficient (Wildman–Crippen LogP) is 4.37. The largest absolute Gasteiger partial charge is 0.367 e. The molecule has 4 nitrogen and oxygen atoms in total. The molecule has 0 spiro atoms. The van der Waals surface area contributed by atoms with Crippen LogP contribution < -0.4 is 10.2 Å². The van der Waals surface area contributed by atoms with Crippen molar-refractivity contribution in [3.05, 3.63) is 71.8 Å². The lowest BCUT2D eigenvalue weighted by Crippen LogP contribution is -2.47. The molecule has 0 radical (unpaired) electrons. The van der Waals surface area contributed by atoms with Crippen molar-refractivity contribution >= 4 is 23.1 Å². The number of rotatable bonds is 4. The van der Waals surface area contributed by atoms with Crippen LogP contribution in [0.2, 0.25) is 0 Å². The summed E-state index contributed by atoms with van der Waals surface area (Å²) in [5.74, 6) is 0.301. The fourth-order valence-electron chi connectivity index (χ4n) is 4.55. The Labute approximate surface area is 166 Å². The average molecular weight is 374 g/mol. The molecule has 1 aliphatic carbocycles. The first-order chi connectivity index (χ1) is 13.5. The van der Waals surface area contributed by atoms with Crippen molar-refractivity contribution in [2.24, 2.45) is 5.41 Å². The molecule has 1 saturated carbocycles. The highest BCUT2D eigenvalue weighted by atomic mass is 16.1. The van der Waals surface area contributed by atoms with Gasteiger partial charge in [0.2, 0.25) is 5.91 Å². The van der Waals surface area contributed by atoms with E-state index in [-0.39, 0.29) is 11.3 Å². The van der Waals surface area contributed by atoms with Gasteiger partial charge in [-0.25, -0.2) is 0 Å². The highest BCUT2D eigenvalue weighted by molar-refractivity contribution is 5.88. The molecule has 2 aromatic carbocycles. The van der Waals surface area contributed by atoms with E-state index in [2.05, 4.69) is 52.7 Å². The zero-order valence-corrected chi connectivity index (χ0v) is 16.3. The van der Waals surface area contributed by atoms with Crippen LogP contribution in [0.15, 0.2) is 66.2 Å². The Hall–Kier alpha value is -2.88. The van der Waals surface area contributed by atoms with Crippen molar-refractivity contribution in [3.8, 4) is 0 Å². The van der Waals surface area contributed by atoms with E-state index in [1.165, 1.54) is 18.1 Å². The Balaban J connectivity index is 1.60. The number of fused-ring (bicyclic) bond motifs is 1. The minimum absolute atomic E-state index is 0.0177. The van der Waals surface area contributed by atoms with E-state index in [1.54, 1.807) is 0 Å². The Morgan fingerprint density at radius 2 is 1.86 bits per heavy atom. The summed E-state index contributed by atoms with van der Waals surface area (Å²) in [5, 5.41) is 2.82. The van der Waals surface area contributed by atoms with Gasteiger partial charge in [-0.15, -0.1) is 0 Å². The molecule has 0 saturated heterocycles. The monoisotopic (exact) mass is 374 g/mol. The highest BCUT2D eigenvalue weighted by Crippen LogP contribution is 2.45. The molecule has 2 aromatic rings. The van der Waals surface area contributed by atoms with Crippen LogP contribution in [0.1, 0.15) is 31.7 Å². The number of hydrogen-bond donors (Lipinski definition) is 1. The van der Waals surface area contributed by atoms with Gasteiger partial charge in [-0.1, -0.05) is 42.0 Å². The number of benzene rings is 2. The van der Waals surface area contributed by atoms with Crippen LogP contribution in [0, 0.1) is 5.41 Å². The zero-order chi connectivity index (χ0) is 19.6. The first-order valence-electron chi connectivity index (χ1n) is 9.92. The van der Waals surface area contributed by atoms with E-state index in [0.29, 0.717) is 18.6 Å². The average Bonchev–Trinajstić information content (AvgIpc) is 2.69. The molecule has 0 bridgehead atoms. The van der Waals surface area contributed by atoms with Gasteiger partial charge in [0.15, 0.2) is 0 Å². The van der Waals surface area contributed by atoms with Crippen molar-refractivity contribution in [1.82, 2.24) is 0 Å². The molecule has 4 rings (SSSR count). The van der Waals surface area contributed by atoms with Crippen LogP contribution in [-0.4, -0.2) is 24.8 Å². The number of Topliss-reactive ketones (excluding diaryl/α,β-unsaturated/α-hetero) is 1. The second kappa shape index (κ2) is 7.63. The molecule has 1 N–H and O–H groups in total. The lowest BCUT2D eigenvalue weighted by molar-refractivity contribution is -0.120. The topological polar surface area (TPSA) is 49.4 Å². The quantitative estimate of drug-likeness (QED) is 0.809. The maximum absolute atomic E-state index is 12.1. The number of ketones is 1. The zero-order valence-electron chi connectivity index (χ0n) is 16.3. The van der Waals surface area contributed by atoms with Crippen molar-refractivity contribution in [2.75, 3.05) is 23.3 Å². The standard InChI is InChI=1S/C24H26N2O2/c1-18(27)25-21-7-9-22(10-8-21)26-14-12-20-15-23(28)11-13-24(20,17-26)16-19-5-3-2-4-6-19/h2-10,12H,11,13-17H2,1H3,(H,25,27). The van der Waals surface area contributed by atoms with Crippen LogP contribution in [0.25, 0.3) is 0 Å². The molecule has 4 heteroatoms. The van der Waals surface area contributed by atoms with Gasteiger partial charge in [0, 0.05) is 49.6 Å². The molecule has 28 heavy (non-hydrogen) atoms. The van der Waals surface area contributed by atoms with Crippen LogP contribution in [0.5, 0.6) is 0 Å². The molecule has 1 aliphatic heterocycles. The molecule has 2 aliphatic rings. The second-order valence-electron chi connectivity index (χ2n) is 8.00. The summed E-state index contributed by atoms with van der Waals surface area (Å²) in [6.45, 7) is 3.25. The van der Waals surface area contributed by atoms with Gasteiger partial charge in [-0.3, -0.25) is 9.59 Å². The summed E-state index contributed by atoms with van der Waals surface area (Å²) in [6, 6.07) is 18.6. The number of carbonyl (C=O) groups excluding carboxylic acids is 2. The van der Waals surface area contributed by atoms with E-state index in [4.69, 9.17) is 0 Å². The number of amides is 1. The summed E-state index contributed by atoms with van der Waals surface area (Å²) >= 11 is 0. The van der Waals surface area contributed by atoms with Crippen molar-refractivity contribution in [3.63, 3.8) is 0 Å². The van der Waals surface area contributed by atoms with Gasteiger partial charge < -0.3 is 10.2 Å². The number of carbonyl (C=O) groups is 2. The highest BCUT2D eigenvalue weighted by Gasteiger charge is 2.42. The van der Waals surface area contributed by atoms with E-state index >= 15 is 0 Å². The van der Waals surface area contributed by atoms with E-state index in [0.717, 1.165) is 37.3 Å². The summed E-state index contributed by atoms with van der Waals surface area (Å²) < 4.78 is 0. The summed E-state index contributed by atoms with van der Waals surface area (Å²) in [4.78, 5) is 25.7. The Morgan fingerprint density at radius 3 is 2.57 bits per heavy atom. The second-order valence-corrected chi connectivity index (χ2v) is 8.00. The van der Waals surface area contributed by atoms with E-state index < -0.39 is 0 Å². The third-order valence-corrected chi connectivity index (χ3v) is 5.94. The molecule has 144 valence electrons. The minimum atomic E-state index is -0.0630. The molecule has 0 aromatic heterocycles. The smallest absolute Gasteiger partial charge is 0.221 e. The number of nitrogens with zero attached hydrogens (tertiary/aromatic N) is 1. The molecule has 1 unspecified atom stereocenters. The maximum Gasteiger partial charge on any atom is 0.221 e. The Morgan fingerprint density at radius 1 is 1.11 bits per heavy atom. The van der Waals surface area contributed by atoms with Crippen LogP contribution in [0.3, 0.4) is 0 Å². The molecular weight excluding hydrogens is 348 g/mol. The van der Waals surface area contributed by atoms with Crippen molar-refractivity contribution in [2.45, 2.75) is 32.6 Å². The van der Waals surface area contributed by atoms with Gasteiger partial charge in [0.1, 0.15) is 5.78 Å². The fraction of sp³-hybridized carbons (Fsp3) is 0.333. The van der Waals surface area contributed by atoms with Crippen LogP contribution >= 0.6 is 0 Å². The summed E-state index contributed by atoms with van der Waals surface area (Å²) in [7, 11) is 0. The summed E-state index contributed by atoms with van der Waals surface area (Å²) in [6.07, 6.45) is 5.41. The van der Waals surface area contributed by atoms with Gasteiger partial charge in [0.05, 0.1) is 0 Å². The third-order valence-electron chi connectivity index (χ3n) is 5.94. The van der Waals surface area contributed by atoms with E-state index in [9.17, 15) is 9.59 Å². The first kappa shape index (κ1) is 18.5. The van der Waals surface area contributed by atoms with Crippen molar-refractivity contribution < 1.29 is 9.59 Å².